The molecule has 0 aliphatic rings. The quantitative estimate of drug-likeness (QED) is 0.561. The van der Waals surface area contributed by atoms with Gasteiger partial charge in [0.25, 0.3) is 0 Å². The summed E-state index contributed by atoms with van der Waals surface area (Å²) in [7, 11) is 0. The van der Waals surface area contributed by atoms with Crippen LogP contribution in [0.1, 0.15) is 38.3 Å². The molecule has 28 heavy (non-hydrogen) atoms. The van der Waals surface area contributed by atoms with Gasteiger partial charge in [0.2, 0.25) is 0 Å². The highest BCUT2D eigenvalue weighted by Crippen LogP contribution is 2.29. The molecule has 4 nitrogen and oxygen atoms in total. The van der Waals surface area contributed by atoms with E-state index in [9.17, 15) is 18.0 Å². The van der Waals surface area contributed by atoms with Crippen molar-refractivity contribution in [2.45, 2.75) is 45.6 Å². The largest absolute Gasteiger partial charge is 0.489 e. The zero-order valence-corrected chi connectivity index (χ0v) is 16.0. The van der Waals surface area contributed by atoms with E-state index < -0.39 is 17.3 Å². The van der Waals surface area contributed by atoms with Crippen molar-refractivity contribution < 1.29 is 32.2 Å². The first-order valence-corrected chi connectivity index (χ1v) is 8.83. The molecule has 0 unspecified atom stereocenters. The molecule has 0 atom stereocenters. The third kappa shape index (κ3) is 6.79. The molecule has 0 radical (unpaired) electrons. The zero-order valence-electron chi connectivity index (χ0n) is 16.0. The molecule has 0 spiro atoms. The maximum Gasteiger partial charge on any atom is 0.416 e. The van der Waals surface area contributed by atoms with E-state index in [-0.39, 0.29) is 19.0 Å². The van der Waals surface area contributed by atoms with Crippen LogP contribution < -0.4 is 9.47 Å². The van der Waals surface area contributed by atoms with E-state index in [1.807, 2.05) is 0 Å². The van der Waals surface area contributed by atoms with Crippen molar-refractivity contribution >= 4 is 5.97 Å². The molecule has 0 amide bonds. The summed E-state index contributed by atoms with van der Waals surface area (Å²) >= 11 is 0. The summed E-state index contributed by atoms with van der Waals surface area (Å²) < 4.78 is 54.0. The highest BCUT2D eigenvalue weighted by molar-refractivity contribution is 5.70. The fraction of sp³-hybridized carbons (Fsp3) is 0.381. The van der Waals surface area contributed by atoms with Crippen molar-refractivity contribution in [1.82, 2.24) is 0 Å². The number of rotatable bonds is 8. The number of alkyl halides is 3. The Hall–Kier alpha value is -2.70. The number of halogens is 3. The second-order valence-corrected chi connectivity index (χ2v) is 6.80. The molecule has 0 aliphatic heterocycles. The molecule has 0 aliphatic carbocycles. The molecule has 7 heteroatoms. The lowest BCUT2D eigenvalue weighted by Crippen LogP contribution is -2.32. The lowest BCUT2D eigenvalue weighted by atomic mass is 10.1. The van der Waals surface area contributed by atoms with Crippen LogP contribution in [0.2, 0.25) is 0 Å². The maximum absolute atomic E-state index is 12.6. The SMILES string of the molecule is CCOC(=O)CC(C)(C)Oc1ccc(OCc2ccc(C(F)(F)F)cc2)cc1. The highest BCUT2D eigenvalue weighted by Gasteiger charge is 2.30. The second-order valence-electron chi connectivity index (χ2n) is 6.80. The fourth-order valence-corrected chi connectivity index (χ4v) is 2.48. The van der Waals surface area contributed by atoms with Gasteiger partial charge in [-0.25, -0.2) is 0 Å². The van der Waals surface area contributed by atoms with Gasteiger partial charge in [-0.05, 0) is 62.7 Å². The predicted molar refractivity (Wildman–Crippen MR) is 98.2 cm³/mol. The van der Waals surface area contributed by atoms with Crippen LogP contribution >= 0.6 is 0 Å². The number of esters is 1. The van der Waals surface area contributed by atoms with Gasteiger partial charge in [-0.15, -0.1) is 0 Å². The highest BCUT2D eigenvalue weighted by atomic mass is 19.4. The third-order valence-corrected chi connectivity index (χ3v) is 3.78. The monoisotopic (exact) mass is 396 g/mol. The van der Waals surface area contributed by atoms with E-state index in [1.165, 1.54) is 12.1 Å². The van der Waals surface area contributed by atoms with Crippen LogP contribution in [-0.2, 0) is 22.3 Å². The maximum atomic E-state index is 12.6. The van der Waals surface area contributed by atoms with Crippen molar-refractivity contribution in [3.63, 3.8) is 0 Å². The Morgan fingerprint density at radius 1 is 0.929 bits per heavy atom. The van der Waals surface area contributed by atoms with Crippen molar-refractivity contribution in [1.29, 1.82) is 0 Å². The van der Waals surface area contributed by atoms with E-state index in [2.05, 4.69) is 0 Å². The van der Waals surface area contributed by atoms with Gasteiger partial charge in [-0.3, -0.25) is 4.79 Å². The minimum absolute atomic E-state index is 0.118. The van der Waals surface area contributed by atoms with Gasteiger partial charge in [-0.2, -0.15) is 13.2 Å². The van der Waals surface area contributed by atoms with E-state index in [0.717, 1.165) is 12.1 Å². The van der Waals surface area contributed by atoms with E-state index in [1.54, 1.807) is 45.0 Å². The first-order chi connectivity index (χ1) is 13.1. The van der Waals surface area contributed by atoms with Crippen molar-refractivity contribution in [3.05, 3.63) is 59.7 Å². The summed E-state index contributed by atoms with van der Waals surface area (Å²) in [6, 6.07) is 11.6. The summed E-state index contributed by atoms with van der Waals surface area (Å²) in [5, 5.41) is 0. The smallest absolute Gasteiger partial charge is 0.416 e. The molecular weight excluding hydrogens is 373 g/mol. The first-order valence-electron chi connectivity index (χ1n) is 8.83. The van der Waals surface area contributed by atoms with E-state index >= 15 is 0 Å². The molecule has 0 N–H and O–H groups in total. The Kier molecular flexibility index (Phi) is 6.94. The second kappa shape index (κ2) is 8.99. The van der Waals surface area contributed by atoms with Crippen LogP contribution in [0.15, 0.2) is 48.5 Å². The molecule has 0 saturated carbocycles. The Labute approximate surface area is 162 Å². The Balaban J connectivity index is 1.89. The average Bonchev–Trinajstić information content (AvgIpc) is 2.60. The minimum atomic E-state index is -4.35. The number of hydrogen-bond donors (Lipinski definition) is 0. The van der Waals surface area contributed by atoms with Gasteiger partial charge >= 0.3 is 12.1 Å². The van der Waals surface area contributed by atoms with E-state index in [0.29, 0.717) is 23.7 Å². The van der Waals surface area contributed by atoms with Crippen LogP contribution in [0, 0.1) is 0 Å². The molecule has 0 saturated heterocycles. The van der Waals surface area contributed by atoms with Crippen molar-refractivity contribution in [3.8, 4) is 11.5 Å². The summed E-state index contributed by atoms with van der Waals surface area (Å²) in [4.78, 5) is 11.6. The molecular formula is C21H23F3O4. The molecule has 2 rings (SSSR count). The fourth-order valence-electron chi connectivity index (χ4n) is 2.48. The normalized spacial score (nSPS) is 11.8. The lowest BCUT2D eigenvalue weighted by Gasteiger charge is -2.25. The van der Waals surface area contributed by atoms with Gasteiger partial charge in [0.1, 0.15) is 23.7 Å². The van der Waals surface area contributed by atoms with Gasteiger partial charge in [0.15, 0.2) is 0 Å². The first kappa shape index (κ1) is 21.6. The third-order valence-electron chi connectivity index (χ3n) is 3.78. The summed E-state index contributed by atoms with van der Waals surface area (Å²) in [5.74, 6) is 0.788. The van der Waals surface area contributed by atoms with Gasteiger partial charge in [0.05, 0.1) is 18.6 Å². The molecule has 0 heterocycles. The number of carbonyl (C=O) groups is 1. The average molecular weight is 396 g/mol. The topological polar surface area (TPSA) is 44.8 Å². The van der Waals surface area contributed by atoms with Crippen LogP contribution in [0.5, 0.6) is 11.5 Å². The number of carbonyl (C=O) groups excluding carboxylic acids is 1. The molecule has 0 aromatic heterocycles. The zero-order chi connectivity index (χ0) is 20.8. The molecule has 2 aromatic carbocycles. The Morgan fingerprint density at radius 3 is 2.04 bits per heavy atom. The molecule has 0 bridgehead atoms. The summed E-state index contributed by atoms with van der Waals surface area (Å²) in [6.07, 6.45) is -4.23. The van der Waals surface area contributed by atoms with Crippen molar-refractivity contribution in [2.24, 2.45) is 0 Å². The van der Waals surface area contributed by atoms with E-state index in [4.69, 9.17) is 14.2 Å². The summed E-state index contributed by atoms with van der Waals surface area (Å²) in [6.45, 7) is 5.79. The van der Waals surface area contributed by atoms with Gasteiger partial charge in [0, 0.05) is 0 Å². The molecule has 0 fully saturated rings. The standard InChI is InChI=1S/C21H23F3O4/c1-4-26-19(25)13-20(2,3)28-18-11-9-17(10-12-18)27-14-15-5-7-16(8-6-15)21(22,23)24/h5-12H,4,13-14H2,1-3H3. The number of benzene rings is 2. The van der Waals surface area contributed by atoms with Crippen LogP contribution in [0.3, 0.4) is 0 Å². The van der Waals surface area contributed by atoms with Crippen molar-refractivity contribution in [2.75, 3.05) is 6.61 Å². The van der Waals surface area contributed by atoms with Gasteiger partial charge < -0.3 is 14.2 Å². The molecule has 152 valence electrons. The molecule has 2 aromatic rings. The van der Waals surface area contributed by atoms with Crippen LogP contribution in [0.25, 0.3) is 0 Å². The summed E-state index contributed by atoms with van der Waals surface area (Å²) in [5.41, 5.74) is -0.790. The lowest BCUT2D eigenvalue weighted by molar-refractivity contribution is -0.146. The Morgan fingerprint density at radius 2 is 1.50 bits per heavy atom. The minimum Gasteiger partial charge on any atom is -0.489 e. The van der Waals surface area contributed by atoms with Gasteiger partial charge in [-0.1, -0.05) is 12.1 Å². The number of hydrogen-bond acceptors (Lipinski definition) is 4. The van der Waals surface area contributed by atoms with Crippen LogP contribution in [-0.4, -0.2) is 18.2 Å². The van der Waals surface area contributed by atoms with Crippen LogP contribution in [0.4, 0.5) is 13.2 Å². The predicted octanol–water partition coefficient (Wildman–Crippen LogP) is 5.40. The number of ether oxygens (including phenoxy) is 3. The Bertz CT molecular complexity index is 766.